The van der Waals surface area contributed by atoms with E-state index in [1.807, 2.05) is 18.2 Å². The first-order chi connectivity index (χ1) is 11.7. The number of methoxy groups -OCH3 is 1. The molecule has 5 nitrogen and oxygen atoms in total. The van der Waals surface area contributed by atoms with E-state index in [4.69, 9.17) is 14.2 Å². The van der Waals surface area contributed by atoms with Crippen molar-refractivity contribution in [1.82, 2.24) is 4.90 Å². The van der Waals surface area contributed by atoms with Crippen molar-refractivity contribution >= 4 is 5.97 Å². The number of rotatable bonds is 5. The Bertz CT molecular complexity index is 603. The number of aryl methyl sites for hydroxylation is 1. The molecule has 1 aromatic carbocycles. The van der Waals surface area contributed by atoms with E-state index in [0.29, 0.717) is 24.3 Å². The van der Waals surface area contributed by atoms with Gasteiger partial charge in [0.05, 0.1) is 13.0 Å². The van der Waals surface area contributed by atoms with Crippen LogP contribution >= 0.6 is 0 Å². The van der Waals surface area contributed by atoms with E-state index < -0.39 is 0 Å². The van der Waals surface area contributed by atoms with Crippen LogP contribution in [0.2, 0.25) is 0 Å². The number of hydrogen-bond donors (Lipinski definition) is 0. The maximum absolute atomic E-state index is 11.5. The minimum absolute atomic E-state index is 0.149. The molecule has 3 aliphatic rings. The van der Waals surface area contributed by atoms with Crippen molar-refractivity contribution in [3.8, 4) is 11.5 Å². The Morgan fingerprint density at radius 3 is 2.75 bits per heavy atom. The normalized spacial score (nSPS) is 29.2. The van der Waals surface area contributed by atoms with E-state index in [0.717, 1.165) is 43.7 Å². The molecule has 1 aromatic rings. The van der Waals surface area contributed by atoms with Crippen molar-refractivity contribution in [1.29, 1.82) is 0 Å². The van der Waals surface area contributed by atoms with Crippen molar-refractivity contribution in [2.75, 3.05) is 20.3 Å². The molecule has 130 valence electrons. The van der Waals surface area contributed by atoms with Crippen LogP contribution in [0.25, 0.3) is 0 Å². The lowest BCUT2D eigenvalue weighted by atomic mass is 9.99. The van der Waals surface area contributed by atoms with Crippen molar-refractivity contribution in [3.05, 3.63) is 23.8 Å². The van der Waals surface area contributed by atoms with Gasteiger partial charge >= 0.3 is 5.97 Å². The zero-order valence-corrected chi connectivity index (χ0v) is 14.2. The van der Waals surface area contributed by atoms with Crippen LogP contribution in [0.5, 0.6) is 11.5 Å². The van der Waals surface area contributed by atoms with Crippen LogP contribution in [0.1, 0.15) is 37.7 Å². The zero-order chi connectivity index (χ0) is 16.5. The van der Waals surface area contributed by atoms with Gasteiger partial charge in [-0.25, -0.2) is 0 Å². The standard InChI is InChI=1S/C19H25NO4/c1-22-9-8-20-14-4-5-15(20)11-17(10-14)23-16-6-2-13-3-7-19(21)24-18(13)12-16/h2,6,12,14-15,17H,3-5,7-11H2,1H3. The first-order valence-electron chi connectivity index (χ1n) is 8.98. The van der Waals surface area contributed by atoms with E-state index in [1.165, 1.54) is 12.8 Å². The van der Waals surface area contributed by atoms with Gasteiger partial charge in [0.25, 0.3) is 0 Å². The van der Waals surface area contributed by atoms with Crippen LogP contribution in [0.15, 0.2) is 18.2 Å². The maximum Gasteiger partial charge on any atom is 0.311 e. The summed E-state index contributed by atoms with van der Waals surface area (Å²) in [5, 5.41) is 0. The Labute approximate surface area is 142 Å². The molecule has 4 rings (SSSR count). The lowest BCUT2D eigenvalue weighted by Crippen LogP contribution is -2.47. The van der Waals surface area contributed by atoms with E-state index in [-0.39, 0.29) is 12.1 Å². The summed E-state index contributed by atoms with van der Waals surface area (Å²) in [5.41, 5.74) is 1.09. The fourth-order valence-electron chi connectivity index (χ4n) is 4.39. The topological polar surface area (TPSA) is 48.0 Å². The van der Waals surface area contributed by atoms with Gasteiger partial charge in [-0.3, -0.25) is 9.69 Å². The van der Waals surface area contributed by atoms with Gasteiger partial charge in [-0.1, -0.05) is 6.07 Å². The molecular weight excluding hydrogens is 306 g/mol. The highest BCUT2D eigenvalue weighted by molar-refractivity contribution is 5.75. The second-order valence-electron chi connectivity index (χ2n) is 7.07. The van der Waals surface area contributed by atoms with Gasteiger partial charge in [-0.2, -0.15) is 0 Å². The highest BCUT2D eigenvalue weighted by atomic mass is 16.5. The minimum Gasteiger partial charge on any atom is -0.490 e. The molecule has 0 saturated carbocycles. The zero-order valence-electron chi connectivity index (χ0n) is 14.2. The summed E-state index contributed by atoms with van der Waals surface area (Å²) in [5.74, 6) is 1.34. The number of nitrogens with zero attached hydrogens (tertiary/aromatic N) is 1. The highest BCUT2D eigenvalue weighted by Gasteiger charge is 2.41. The molecule has 0 radical (unpaired) electrons. The van der Waals surface area contributed by atoms with Crippen LogP contribution in [0, 0.1) is 0 Å². The predicted molar refractivity (Wildman–Crippen MR) is 89.4 cm³/mol. The fraction of sp³-hybridized carbons (Fsp3) is 0.632. The van der Waals surface area contributed by atoms with E-state index in [2.05, 4.69) is 4.90 Å². The molecule has 2 atom stereocenters. The summed E-state index contributed by atoms with van der Waals surface area (Å²) in [4.78, 5) is 14.1. The Morgan fingerprint density at radius 1 is 1.21 bits per heavy atom. The van der Waals surface area contributed by atoms with Gasteiger partial charge in [0.2, 0.25) is 0 Å². The predicted octanol–water partition coefficient (Wildman–Crippen LogP) is 2.56. The summed E-state index contributed by atoms with van der Waals surface area (Å²) in [7, 11) is 1.76. The van der Waals surface area contributed by atoms with E-state index in [9.17, 15) is 4.79 Å². The van der Waals surface area contributed by atoms with Crippen molar-refractivity contribution < 1.29 is 19.0 Å². The number of piperidine rings is 1. The van der Waals surface area contributed by atoms with Crippen LogP contribution in [-0.4, -0.2) is 49.3 Å². The summed E-state index contributed by atoms with van der Waals surface area (Å²) in [6.07, 6.45) is 6.13. The smallest absolute Gasteiger partial charge is 0.311 e. The van der Waals surface area contributed by atoms with Gasteiger partial charge in [0, 0.05) is 31.8 Å². The molecule has 5 heteroatoms. The molecule has 0 aromatic heterocycles. The van der Waals surface area contributed by atoms with E-state index in [1.54, 1.807) is 7.11 Å². The van der Waals surface area contributed by atoms with Gasteiger partial charge in [-0.15, -0.1) is 0 Å². The average molecular weight is 331 g/mol. The number of fused-ring (bicyclic) bond motifs is 3. The average Bonchev–Trinajstić information content (AvgIpc) is 2.81. The van der Waals surface area contributed by atoms with Gasteiger partial charge in [-0.05, 0) is 43.7 Å². The van der Waals surface area contributed by atoms with Crippen LogP contribution in [-0.2, 0) is 16.0 Å². The summed E-state index contributed by atoms with van der Waals surface area (Å²) >= 11 is 0. The molecule has 2 fully saturated rings. The Balaban J connectivity index is 1.40. The molecule has 2 bridgehead atoms. The molecular formula is C19H25NO4. The second-order valence-corrected chi connectivity index (χ2v) is 7.07. The summed E-state index contributed by atoms with van der Waals surface area (Å²) < 4.78 is 16.8. The van der Waals surface area contributed by atoms with Gasteiger partial charge in [0.15, 0.2) is 0 Å². The van der Waals surface area contributed by atoms with Crippen molar-refractivity contribution in [2.45, 2.75) is 56.7 Å². The molecule has 2 saturated heterocycles. The highest BCUT2D eigenvalue weighted by Crippen LogP contribution is 2.38. The van der Waals surface area contributed by atoms with Gasteiger partial charge < -0.3 is 14.2 Å². The third-order valence-electron chi connectivity index (χ3n) is 5.56. The second kappa shape index (κ2) is 6.73. The molecule has 0 spiro atoms. The number of carbonyl (C=O) groups excluding carboxylic acids is 1. The third kappa shape index (κ3) is 3.15. The first-order valence-corrected chi connectivity index (χ1v) is 8.98. The molecule has 3 aliphatic heterocycles. The number of carbonyl (C=O) groups is 1. The Hall–Kier alpha value is -1.59. The summed E-state index contributed by atoms with van der Waals surface area (Å²) in [6.45, 7) is 1.82. The number of esters is 1. The molecule has 0 aliphatic carbocycles. The van der Waals surface area contributed by atoms with Crippen molar-refractivity contribution in [3.63, 3.8) is 0 Å². The number of ether oxygens (including phenoxy) is 3. The van der Waals surface area contributed by atoms with E-state index >= 15 is 0 Å². The third-order valence-corrected chi connectivity index (χ3v) is 5.56. The molecule has 2 unspecified atom stereocenters. The minimum atomic E-state index is -0.149. The molecule has 0 amide bonds. The lowest BCUT2D eigenvalue weighted by molar-refractivity contribution is -0.135. The molecule has 0 N–H and O–H groups in total. The quantitative estimate of drug-likeness (QED) is 0.613. The SMILES string of the molecule is COCCN1C2CCC1CC(Oc1ccc3c(c1)OC(=O)CC3)C2. The molecule has 24 heavy (non-hydrogen) atoms. The van der Waals surface area contributed by atoms with Crippen LogP contribution in [0.3, 0.4) is 0 Å². The maximum atomic E-state index is 11.5. The monoisotopic (exact) mass is 331 g/mol. The number of benzene rings is 1. The Morgan fingerprint density at radius 2 is 2.00 bits per heavy atom. The van der Waals surface area contributed by atoms with Gasteiger partial charge in [0.1, 0.15) is 17.6 Å². The first kappa shape index (κ1) is 15.9. The molecule has 3 heterocycles. The summed E-state index contributed by atoms with van der Waals surface area (Å²) in [6, 6.07) is 7.14. The van der Waals surface area contributed by atoms with Crippen LogP contribution in [0.4, 0.5) is 0 Å². The Kier molecular flexibility index (Phi) is 4.46. The largest absolute Gasteiger partial charge is 0.490 e. The number of hydrogen-bond acceptors (Lipinski definition) is 5. The fourth-order valence-corrected chi connectivity index (χ4v) is 4.39. The lowest BCUT2D eigenvalue weighted by Gasteiger charge is -2.38. The van der Waals surface area contributed by atoms with Crippen LogP contribution < -0.4 is 9.47 Å². The van der Waals surface area contributed by atoms with Crippen molar-refractivity contribution in [2.24, 2.45) is 0 Å².